The number of rotatable bonds is 7. The predicted molar refractivity (Wildman–Crippen MR) is 125 cm³/mol. The molecule has 0 spiro atoms. The van der Waals surface area contributed by atoms with Gasteiger partial charge in [0.25, 0.3) is 0 Å². The second kappa shape index (κ2) is 11.9. The molecule has 3 aliphatic rings. The lowest BCUT2D eigenvalue weighted by atomic mass is 9.67. The van der Waals surface area contributed by atoms with Crippen molar-refractivity contribution in [2.75, 3.05) is 0 Å². The molecule has 3 aliphatic carbocycles. The number of carbonyl (C=O) groups excluding carboxylic acids is 1. The zero-order chi connectivity index (χ0) is 22.1. The Morgan fingerprint density at radius 1 is 0.839 bits per heavy atom. The van der Waals surface area contributed by atoms with Gasteiger partial charge in [-0.3, -0.25) is 4.79 Å². The fourth-order valence-corrected chi connectivity index (χ4v) is 6.70. The Kier molecular flexibility index (Phi) is 9.31. The Morgan fingerprint density at radius 3 is 1.87 bits per heavy atom. The van der Waals surface area contributed by atoms with Gasteiger partial charge >= 0.3 is 5.97 Å². The number of nitriles is 1. The standard InChI is InChI=1S/C28H43NO2/c1-3-6-22-8-12-24(13-9-22)25-16-19-28(20-17-25,18-5-21-29)31-27(30)26-14-10-23(7-4-2)11-15-26/h22-26H,3-4,6-17,19-20H2,1-2H3. The molecule has 0 heterocycles. The van der Waals surface area contributed by atoms with Crippen molar-refractivity contribution in [1.29, 1.82) is 5.26 Å². The molecular weight excluding hydrogens is 382 g/mol. The van der Waals surface area contributed by atoms with Gasteiger partial charge in [0, 0.05) is 5.92 Å². The van der Waals surface area contributed by atoms with Crippen molar-refractivity contribution in [3.8, 4) is 17.9 Å². The van der Waals surface area contributed by atoms with E-state index in [1.807, 2.05) is 6.07 Å². The molecule has 3 rings (SSSR count). The lowest BCUT2D eigenvalue weighted by molar-refractivity contribution is -0.164. The van der Waals surface area contributed by atoms with Crippen molar-refractivity contribution >= 4 is 5.97 Å². The van der Waals surface area contributed by atoms with Crippen molar-refractivity contribution in [3.05, 3.63) is 0 Å². The minimum Gasteiger partial charge on any atom is -0.446 e. The van der Waals surface area contributed by atoms with Gasteiger partial charge in [-0.1, -0.05) is 52.4 Å². The number of carbonyl (C=O) groups is 1. The third-order valence-corrected chi connectivity index (χ3v) is 8.61. The summed E-state index contributed by atoms with van der Waals surface area (Å²) < 4.78 is 6.14. The summed E-state index contributed by atoms with van der Waals surface area (Å²) in [5, 5.41) is 9.03. The summed E-state index contributed by atoms with van der Waals surface area (Å²) in [4.78, 5) is 13.0. The van der Waals surface area contributed by atoms with E-state index in [0.717, 1.165) is 75.0 Å². The molecule has 0 aromatic rings. The number of hydrogen-bond acceptors (Lipinski definition) is 3. The third kappa shape index (κ3) is 6.75. The van der Waals surface area contributed by atoms with Crippen LogP contribution in [0.2, 0.25) is 0 Å². The zero-order valence-electron chi connectivity index (χ0n) is 20.0. The van der Waals surface area contributed by atoms with E-state index in [0.29, 0.717) is 0 Å². The molecule has 0 aromatic heterocycles. The van der Waals surface area contributed by atoms with Crippen LogP contribution in [0.1, 0.15) is 117 Å². The van der Waals surface area contributed by atoms with Gasteiger partial charge < -0.3 is 4.74 Å². The summed E-state index contributed by atoms with van der Waals surface area (Å²) in [6.45, 7) is 4.54. The normalized spacial score (nSPS) is 36.0. The second-order valence-electron chi connectivity index (χ2n) is 10.7. The van der Waals surface area contributed by atoms with Crippen LogP contribution in [0.25, 0.3) is 0 Å². The van der Waals surface area contributed by atoms with E-state index in [1.54, 1.807) is 0 Å². The molecule has 0 saturated heterocycles. The summed E-state index contributed by atoms with van der Waals surface area (Å²) in [6, 6.07) is 1.95. The fraction of sp³-hybridized carbons (Fsp3) is 0.857. The lowest BCUT2D eigenvalue weighted by Gasteiger charge is -2.41. The summed E-state index contributed by atoms with van der Waals surface area (Å²) >= 11 is 0. The molecule has 3 heteroatoms. The largest absolute Gasteiger partial charge is 0.446 e. The van der Waals surface area contributed by atoms with Gasteiger partial charge in [0.1, 0.15) is 0 Å². The van der Waals surface area contributed by atoms with Gasteiger partial charge in [-0.05, 0) is 93.8 Å². The maximum absolute atomic E-state index is 13.0. The smallest absolute Gasteiger partial charge is 0.310 e. The van der Waals surface area contributed by atoms with Gasteiger partial charge in [0.15, 0.2) is 11.7 Å². The first-order chi connectivity index (χ1) is 15.1. The Labute approximate surface area is 190 Å². The van der Waals surface area contributed by atoms with Crippen molar-refractivity contribution in [2.24, 2.45) is 29.6 Å². The Balaban J connectivity index is 1.53. The highest BCUT2D eigenvalue weighted by atomic mass is 16.6. The first kappa shape index (κ1) is 24.2. The molecule has 31 heavy (non-hydrogen) atoms. The molecule has 3 fully saturated rings. The van der Waals surface area contributed by atoms with E-state index < -0.39 is 5.60 Å². The second-order valence-corrected chi connectivity index (χ2v) is 10.7. The molecule has 0 amide bonds. The van der Waals surface area contributed by atoms with Crippen LogP contribution in [0, 0.1) is 52.8 Å². The average Bonchev–Trinajstić information content (AvgIpc) is 2.80. The first-order valence-electron chi connectivity index (χ1n) is 13.2. The third-order valence-electron chi connectivity index (χ3n) is 8.61. The molecule has 172 valence electrons. The topological polar surface area (TPSA) is 50.1 Å². The first-order valence-corrected chi connectivity index (χ1v) is 13.2. The van der Waals surface area contributed by atoms with E-state index >= 15 is 0 Å². The highest BCUT2D eigenvalue weighted by Gasteiger charge is 2.41. The van der Waals surface area contributed by atoms with Crippen LogP contribution in [-0.2, 0) is 9.53 Å². The predicted octanol–water partition coefficient (Wildman–Crippen LogP) is 7.20. The maximum atomic E-state index is 13.0. The summed E-state index contributed by atoms with van der Waals surface area (Å²) in [5.74, 6) is 8.93. The highest BCUT2D eigenvalue weighted by Crippen LogP contribution is 2.45. The molecule has 0 radical (unpaired) electrons. The van der Waals surface area contributed by atoms with Gasteiger partial charge in [0.05, 0.1) is 5.92 Å². The van der Waals surface area contributed by atoms with E-state index in [2.05, 4.69) is 25.7 Å². The number of esters is 1. The molecule has 3 saturated carbocycles. The van der Waals surface area contributed by atoms with Crippen LogP contribution < -0.4 is 0 Å². The van der Waals surface area contributed by atoms with Crippen molar-refractivity contribution < 1.29 is 9.53 Å². The fourth-order valence-electron chi connectivity index (χ4n) is 6.70. The molecule has 0 atom stereocenters. The van der Waals surface area contributed by atoms with Crippen molar-refractivity contribution in [3.63, 3.8) is 0 Å². The van der Waals surface area contributed by atoms with E-state index in [1.165, 1.54) is 51.4 Å². The van der Waals surface area contributed by atoms with E-state index in [-0.39, 0.29) is 11.9 Å². The van der Waals surface area contributed by atoms with Gasteiger partial charge in [0.2, 0.25) is 0 Å². The van der Waals surface area contributed by atoms with E-state index in [4.69, 9.17) is 10.00 Å². The van der Waals surface area contributed by atoms with Gasteiger partial charge in [-0.15, -0.1) is 0 Å². The number of ether oxygens (including phenoxy) is 1. The van der Waals surface area contributed by atoms with Crippen LogP contribution >= 0.6 is 0 Å². The van der Waals surface area contributed by atoms with Crippen molar-refractivity contribution in [2.45, 2.75) is 122 Å². The van der Waals surface area contributed by atoms with Gasteiger partial charge in [-0.2, -0.15) is 5.26 Å². The van der Waals surface area contributed by atoms with E-state index in [9.17, 15) is 4.79 Å². The molecule has 0 bridgehead atoms. The molecule has 0 aromatic carbocycles. The van der Waals surface area contributed by atoms with Gasteiger partial charge in [-0.25, -0.2) is 0 Å². The van der Waals surface area contributed by atoms with Crippen LogP contribution in [0.3, 0.4) is 0 Å². The molecule has 0 unspecified atom stereocenters. The molecule has 3 nitrogen and oxygen atoms in total. The number of hydrogen-bond donors (Lipinski definition) is 0. The maximum Gasteiger partial charge on any atom is 0.310 e. The summed E-state index contributed by atoms with van der Waals surface area (Å²) in [6.07, 6.45) is 18.7. The summed E-state index contributed by atoms with van der Waals surface area (Å²) in [5.41, 5.74) is -0.719. The SMILES string of the molecule is CCCC1CCC(C(=O)OC2(C#CC#N)CCC(C3CCC(CCC)CC3)CC2)CC1. The molecule has 0 aliphatic heterocycles. The minimum absolute atomic E-state index is 0.0282. The van der Waals surface area contributed by atoms with Crippen LogP contribution in [0.4, 0.5) is 0 Å². The van der Waals surface area contributed by atoms with Crippen molar-refractivity contribution in [1.82, 2.24) is 0 Å². The zero-order valence-corrected chi connectivity index (χ0v) is 20.0. The van der Waals surface area contributed by atoms with Crippen LogP contribution in [0.5, 0.6) is 0 Å². The summed E-state index contributed by atoms with van der Waals surface area (Å²) in [7, 11) is 0. The van der Waals surface area contributed by atoms with Crippen LogP contribution in [-0.4, -0.2) is 11.6 Å². The Bertz CT molecular complexity index is 657. The Hall–Kier alpha value is -1.48. The molecular formula is C28H43NO2. The van der Waals surface area contributed by atoms with Crippen LogP contribution in [0.15, 0.2) is 0 Å². The number of nitrogens with zero attached hydrogens (tertiary/aromatic N) is 1. The lowest BCUT2D eigenvalue weighted by Crippen LogP contribution is -2.41. The Morgan fingerprint density at radius 2 is 1.35 bits per heavy atom. The molecule has 0 N–H and O–H groups in total. The quantitative estimate of drug-likeness (QED) is 0.320. The average molecular weight is 426 g/mol. The monoisotopic (exact) mass is 425 g/mol. The highest BCUT2D eigenvalue weighted by molar-refractivity contribution is 5.73. The minimum atomic E-state index is -0.719.